The summed E-state index contributed by atoms with van der Waals surface area (Å²) in [5.74, 6) is 0.480. The van der Waals surface area contributed by atoms with Crippen molar-refractivity contribution in [1.82, 2.24) is 10.2 Å². The van der Waals surface area contributed by atoms with E-state index in [0.29, 0.717) is 48.9 Å². The minimum Gasteiger partial charge on any atom is -0.507 e. The van der Waals surface area contributed by atoms with E-state index in [9.17, 15) is 19.1 Å². The number of carbonyl (C=O) groups excluding carboxylic acids is 2. The van der Waals surface area contributed by atoms with Crippen LogP contribution in [0.15, 0.2) is 72.8 Å². The summed E-state index contributed by atoms with van der Waals surface area (Å²) in [7, 11) is 1.55. The number of methoxy groups -OCH3 is 1. The Morgan fingerprint density at radius 3 is 2.70 bits per heavy atom. The van der Waals surface area contributed by atoms with Crippen molar-refractivity contribution in [3.05, 3.63) is 111 Å². The van der Waals surface area contributed by atoms with E-state index in [1.807, 2.05) is 24.3 Å². The highest BCUT2D eigenvalue weighted by Gasteiger charge is 2.34. The van der Waals surface area contributed by atoms with Gasteiger partial charge in [-0.3, -0.25) is 9.59 Å². The second-order valence-corrected chi connectivity index (χ2v) is 10.7. The number of phenols is 1. The number of halogens is 2. The largest absolute Gasteiger partial charge is 0.507 e. The van der Waals surface area contributed by atoms with Crippen LogP contribution in [-0.4, -0.2) is 48.6 Å². The number of amides is 2. The van der Waals surface area contributed by atoms with Gasteiger partial charge in [0.25, 0.3) is 11.8 Å². The van der Waals surface area contributed by atoms with Crippen LogP contribution in [0.4, 0.5) is 4.39 Å². The standard InChI is InChI=1S/C33H28ClFN2O6/c1-41-29-10-4-20-17-30(29)42-14-2-12-36-32(39)25-18-23(6-9-28(25)38)43-22-5-7-24-19(15-22)11-13-37(31(20)24)33(40)21-3-8-27(35)26(34)16-21/h3-10,15-18,31,38H,2,11-14H2,1H3,(H,36,39). The summed E-state index contributed by atoms with van der Waals surface area (Å²) < 4.78 is 31.7. The molecule has 0 radical (unpaired) electrons. The first-order chi connectivity index (χ1) is 20.8. The fourth-order valence-electron chi connectivity index (χ4n) is 5.46. The number of aromatic hydroxyl groups is 1. The molecule has 4 aromatic carbocycles. The zero-order valence-electron chi connectivity index (χ0n) is 23.2. The molecule has 0 fully saturated rings. The summed E-state index contributed by atoms with van der Waals surface area (Å²) in [4.78, 5) is 28.4. The van der Waals surface area contributed by atoms with Gasteiger partial charge in [-0.2, -0.15) is 0 Å². The summed E-state index contributed by atoms with van der Waals surface area (Å²) in [5.41, 5.74) is 3.04. The zero-order chi connectivity index (χ0) is 30.1. The number of carbonyl (C=O) groups is 2. The van der Waals surface area contributed by atoms with Gasteiger partial charge >= 0.3 is 0 Å². The van der Waals surface area contributed by atoms with Crippen LogP contribution in [0.25, 0.3) is 0 Å². The second-order valence-electron chi connectivity index (χ2n) is 10.3. The number of hydrogen-bond donors (Lipinski definition) is 2. The smallest absolute Gasteiger partial charge is 0.255 e. The second kappa shape index (κ2) is 11.9. The lowest BCUT2D eigenvalue weighted by atomic mass is 9.87. The monoisotopic (exact) mass is 602 g/mol. The first kappa shape index (κ1) is 28.4. The average molecular weight is 603 g/mol. The van der Waals surface area contributed by atoms with E-state index < -0.39 is 17.8 Å². The molecule has 8 bridgehead atoms. The van der Waals surface area contributed by atoms with Gasteiger partial charge in [0.1, 0.15) is 23.1 Å². The van der Waals surface area contributed by atoms with E-state index in [1.165, 1.54) is 30.3 Å². The van der Waals surface area contributed by atoms with Gasteiger partial charge in [-0.15, -0.1) is 0 Å². The molecular weight excluding hydrogens is 575 g/mol. The van der Waals surface area contributed by atoms with Gasteiger partial charge in [-0.05, 0) is 90.2 Å². The Bertz CT molecular complexity index is 1730. The molecule has 0 aliphatic carbocycles. The van der Waals surface area contributed by atoms with E-state index in [-0.39, 0.29) is 34.4 Å². The molecule has 220 valence electrons. The van der Waals surface area contributed by atoms with Gasteiger partial charge < -0.3 is 29.5 Å². The van der Waals surface area contributed by atoms with Gasteiger partial charge in [0, 0.05) is 18.7 Å². The van der Waals surface area contributed by atoms with Crippen LogP contribution in [0, 0.1) is 5.82 Å². The third-order valence-electron chi connectivity index (χ3n) is 7.59. The van der Waals surface area contributed by atoms with Crippen molar-refractivity contribution in [2.24, 2.45) is 0 Å². The topological polar surface area (TPSA) is 97.3 Å². The Kier molecular flexibility index (Phi) is 7.82. The normalized spacial score (nSPS) is 16.3. The first-order valence-electron chi connectivity index (χ1n) is 13.8. The molecule has 8 nitrogen and oxygen atoms in total. The molecule has 0 spiro atoms. The van der Waals surface area contributed by atoms with E-state index in [0.717, 1.165) is 16.7 Å². The SMILES string of the molecule is COc1ccc2cc1OCCCNC(=O)c1cc(ccc1O)Oc1ccc3c(c1)CCN(C(=O)c1ccc(F)c(Cl)c1)C23. The number of fused-ring (bicyclic) bond motifs is 6. The molecule has 3 aliphatic heterocycles. The minimum atomic E-state index is -0.594. The quantitative estimate of drug-likeness (QED) is 0.280. The Morgan fingerprint density at radius 1 is 1.07 bits per heavy atom. The van der Waals surface area contributed by atoms with Gasteiger partial charge in [-0.25, -0.2) is 4.39 Å². The molecule has 43 heavy (non-hydrogen) atoms. The van der Waals surface area contributed by atoms with Crippen LogP contribution in [-0.2, 0) is 6.42 Å². The molecule has 1 unspecified atom stereocenters. The maximum atomic E-state index is 13.9. The van der Waals surface area contributed by atoms with Crippen molar-refractivity contribution in [2.45, 2.75) is 18.9 Å². The maximum Gasteiger partial charge on any atom is 0.255 e. The number of phenolic OH excluding ortho intramolecular Hbond substituents is 1. The highest BCUT2D eigenvalue weighted by molar-refractivity contribution is 6.31. The Labute approximate surface area is 252 Å². The van der Waals surface area contributed by atoms with Crippen LogP contribution < -0.4 is 19.5 Å². The molecule has 10 heteroatoms. The summed E-state index contributed by atoms with van der Waals surface area (Å²) in [6, 6.07) is 19.1. The van der Waals surface area contributed by atoms with Crippen molar-refractivity contribution in [1.29, 1.82) is 0 Å². The molecule has 0 saturated heterocycles. The van der Waals surface area contributed by atoms with Crippen molar-refractivity contribution in [3.63, 3.8) is 0 Å². The predicted molar refractivity (Wildman–Crippen MR) is 158 cm³/mol. The van der Waals surface area contributed by atoms with E-state index in [2.05, 4.69) is 5.32 Å². The number of nitrogens with zero attached hydrogens (tertiary/aromatic N) is 1. The molecule has 4 aromatic rings. The van der Waals surface area contributed by atoms with Crippen LogP contribution >= 0.6 is 11.6 Å². The Balaban J connectivity index is 1.46. The summed E-state index contributed by atoms with van der Waals surface area (Å²) in [6.45, 7) is 0.956. The number of rotatable bonds is 2. The van der Waals surface area contributed by atoms with Gasteiger partial charge in [0.2, 0.25) is 0 Å². The van der Waals surface area contributed by atoms with Gasteiger partial charge in [0.05, 0.1) is 30.3 Å². The van der Waals surface area contributed by atoms with Crippen molar-refractivity contribution >= 4 is 23.4 Å². The summed E-state index contributed by atoms with van der Waals surface area (Å²) in [5, 5.41) is 13.0. The van der Waals surface area contributed by atoms with Crippen molar-refractivity contribution < 1.29 is 33.3 Å². The predicted octanol–water partition coefficient (Wildman–Crippen LogP) is 6.29. The third-order valence-corrected chi connectivity index (χ3v) is 7.88. The van der Waals surface area contributed by atoms with Gasteiger partial charge in [0.15, 0.2) is 11.5 Å². The lowest BCUT2D eigenvalue weighted by Gasteiger charge is -2.38. The molecular formula is C33H28ClFN2O6. The van der Waals surface area contributed by atoms with Crippen LogP contribution in [0.3, 0.4) is 0 Å². The van der Waals surface area contributed by atoms with E-state index >= 15 is 0 Å². The molecule has 2 amide bonds. The number of hydrogen-bond acceptors (Lipinski definition) is 6. The molecule has 1 atom stereocenters. The lowest BCUT2D eigenvalue weighted by molar-refractivity contribution is 0.0694. The highest BCUT2D eigenvalue weighted by Crippen LogP contribution is 2.41. The van der Waals surface area contributed by atoms with Crippen molar-refractivity contribution in [3.8, 4) is 28.7 Å². The number of benzene rings is 4. The third kappa shape index (κ3) is 5.68. The van der Waals surface area contributed by atoms with Crippen LogP contribution in [0.5, 0.6) is 28.7 Å². The maximum absolute atomic E-state index is 13.9. The molecule has 0 aromatic heterocycles. The molecule has 2 N–H and O–H groups in total. The average Bonchev–Trinajstić information content (AvgIpc) is 3.01. The molecule has 3 heterocycles. The fraction of sp³-hybridized carbons (Fsp3) is 0.212. The summed E-state index contributed by atoms with van der Waals surface area (Å²) >= 11 is 6.03. The Morgan fingerprint density at radius 2 is 1.88 bits per heavy atom. The molecule has 7 rings (SSSR count). The van der Waals surface area contributed by atoms with Crippen molar-refractivity contribution in [2.75, 3.05) is 26.8 Å². The van der Waals surface area contributed by atoms with Crippen LogP contribution in [0.2, 0.25) is 5.02 Å². The lowest BCUT2D eigenvalue weighted by Crippen LogP contribution is -2.40. The van der Waals surface area contributed by atoms with Gasteiger partial charge in [-0.1, -0.05) is 23.7 Å². The van der Waals surface area contributed by atoms with E-state index in [1.54, 1.807) is 30.2 Å². The highest BCUT2D eigenvalue weighted by atomic mass is 35.5. The first-order valence-corrected chi connectivity index (χ1v) is 14.2. The Hall–Kier alpha value is -4.76. The minimum absolute atomic E-state index is 0.0991. The molecule has 0 saturated carbocycles. The number of ether oxygens (including phenoxy) is 3. The molecule has 3 aliphatic rings. The summed E-state index contributed by atoms with van der Waals surface area (Å²) in [6.07, 6.45) is 1.02. The number of nitrogens with one attached hydrogen (secondary N) is 1. The van der Waals surface area contributed by atoms with E-state index in [4.69, 9.17) is 25.8 Å². The zero-order valence-corrected chi connectivity index (χ0v) is 24.0. The fourth-order valence-corrected chi connectivity index (χ4v) is 5.64. The van der Waals surface area contributed by atoms with Crippen LogP contribution in [0.1, 0.15) is 49.9 Å².